The third kappa shape index (κ3) is 3.07. The van der Waals surface area contributed by atoms with Crippen molar-refractivity contribution in [1.29, 1.82) is 0 Å². The number of nitrogens with zero attached hydrogens (tertiary/aromatic N) is 2. The van der Waals surface area contributed by atoms with E-state index >= 15 is 0 Å². The van der Waals surface area contributed by atoms with Gasteiger partial charge in [-0.2, -0.15) is 0 Å². The van der Waals surface area contributed by atoms with Gasteiger partial charge in [-0.05, 0) is 18.2 Å². The number of aromatic nitrogens is 2. The first-order valence-corrected chi connectivity index (χ1v) is 6.86. The molecule has 20 heavy (non-hydrogen) atoms. The third-order valence-electron chi connectivity index (χ3n) is 3.09. The van der Waals surface area contributed by atoms with Crippen LogP contribution in [0.25, 0.3) is 0 Å². The first-order chi connectivity index (χ1) is 9.83. The molecule has 1 fully saturated rings. The zero-order valence-electron chi connectivity index (χ0n) is 10.8. The highest BCUT2D eigenvalue weighted by Gasteiger charge is 2.15. The zero-order valence-corrected chi connectivity index (χ0v) is 11.6. The fourth-order valence-corrected chi connectivity index (χ4v) is 2.22. The van der Waals surface area contributed by atoms with Crippen molar-refractivity contribution in [1.82, 2.24) is 15.3 Å². The van der Waals surface area contributed by atoms with E-state index in [1.165, 1.54) is 0 Å². The molecule has 0 aromatic carbocycles. The van der Waals surface area contributed by atoms with E-state index in [1.54, 1.807) is 18.3 Å². The molecule has 0 saturated carbocycles. The summed E-state index contributed by atoms with van der Waals surface area (Å²) in [5.41, 5.74) is 1.06. The Morgan fingerprint density at radius 1 is 1.30 bits per heavy atom. The van der Waals surface area contributed by atoms with E-state index in [-0.39, 0.29) is 6.10 Å². The lowest BCUT2D eigenvalue weighted by Crippen LogP contribution is -2.33. The highest BCUT2D eigenvalue weighted by atomic mass is 35.5. The van der Waals surface area contributed by atoms with Crippen molar-refractivity contribution in [3.63, 3.8) is 0 Å². The Morgan fingerprint density at radius 2 is 2.25 bits per heavy atom. The molecule has 5 nitrogen and oxygen atoms in total. The van der Waals surface area contributed by atoms with Gasteiger partial charge in [-0.3, -0.25) is 0 Å². The van der Waals surface area contributed by atoms with Crippen molar-refractivity contribution in [3.8, 4) is 0 Å². The summed E-state index contributed by atoms with van der Waals surface area (Å²) in [6, 6.07) is 7.48. The van der Waals surface area contributed by atoms with E-state index in [0.29, 0.717) is 16.7 Å². The fourth-order valence-electron chi connectivity index (χ4n) is 2.05. The lowest BCUT2D eigenvalue weighted by Gasteiger charge is -2.23. The number of nitrogens with one attached hydrogen (secondary N) is 2. The van der Waals surface area contributed by atoms with Crippen LogP contribution >= 0.6 is 11.6 Å². The van der Waals surface area contributed by atoms with Gasteiger partial charge in [0.15, 0.2) is 0 Å². The second kappa shape index (κ2) is 6.17. The molecule has 0 amide bonds. The summed E-state index contributed by atoms with van der Waals surface area (Å²) >= 11 is 6.05. The molecule has 1 unspecified atom stereocenters. The zero-order chi connectivity index (χ0) is 13.8. The summed E-state index contributed by atoms with van der Waals surface area (Å²) in [5.74, 6) is 1.31. The Bertz CT molecular complexity index is 570. The van der Waals surface area contributed by atoms with Crippen LogP contribution in [-0.2, 0) is 4.74 Å². The number of pyridine rings is 2. The molecule has 1 aliphatic rings. The first-order valence-electron chi connectivity index (χ1n) is 6.49. The van der Waals surface area contributed by atoms with Crippen LogP contribution in [0.4, 0.5) is 11.6 Å². The van der Waals surface area contributed by atoms with Gasteiger partial charge in [-0.15, -0.1) is 0 Å². The standard InChI is InChI=1S/C14H15ClN4O/c15-11-2-1-5-17-14(11)19-13-4-3-10(8-18-13)12-9-16-6-7-20-12/h1-5,8,12,16H,6-7,9H2,(H,17,18,19). The Labute approximate surface area is 122 Å². The minimum Gasteiger partial charge on any atom is -0.371 e. The first kappa shape index (κ1) is 13.3. The number of hydrogen-bond donors (Lipinski definition) is 2. The number of ether oxygens (including phenoxy) is 1. The van der Waals surface area contributed by atoms with Crippen molar-refractivity contribution in [2.45, 2.75) is 6.10 Å². The number of rotatable bonds is 3. The van der Waals surface area contributed by atoms with Crippen LogP contribution in [0, 0.1) is 0 Å². The lowest BCUT2D eigenvalue weighted by molar-refractivity contribution is 0.0275. The van der Waals surface area contributed by atoms with Gasteiger partial charge in [0.2, 0.25) is 0 Å². The minimum absolute atomic E-state index is 0.0729. The molecule has 2 N–H and O–H groups in total. The highest BCUT2D eigenvalue weighted by Crippen LogP contribution is 2.23. The molecule has 3 rings (SSSR count). The van der Waals surface area contributed by atoms with Gasteiger partial charge in [0, 0.05) is 31.0 Å². The number of morpholine rings is 1. The van der Waals surface area contributed by atoms with Crippen LogP contribution in [0.15, 0.2) is 36.7 Å². The summed E-state index contributed by atoms with van der Waals surface area (Å²) in [7, 11) is 0. The predicted octanol–water partition coefficient (Wildman–Crippen LogP) is 2.53. The Kier molecular flexibility index (Phi) is 4.11. The summed E-state index contributed by atoms with van der Waals surface area (Å²) in [4.78, 5) is 8.54. The Hall–Kier alpha value is -1.69. The maximum Gasteiger partial charge on any atom is 0.150 e. The van der Waals surface area contributed by atoms with Crippen LogP contribution in [0.1, 0.15) is 11.7 Å². The SMILES string of the molecule is Clc1cccnc1Nc1ccc(C2CNCCO2)cn1. The monoisotopic (exact) mass is 290 g/mol. The van der Waals surface area contributed by atoms with Gasteiger partial charge in [-0.25, -0.2) is 9.97 Å². The third-order valence-corrected chi connectivity index (χ3v) is 3.40. The molecule has 3 heterocycles. The fraction of sp³-hybridized carbons (Fsp3) is 0.286. The van der Waals surface area contributed by atoms with Crippen LogP contribution in [-0.4, -0.2) is 29.7 Å². The van der Waals surface area contributed by atoms with Crippen molar-refractivity contribution >= 4 is 23.2 Å². The van der Waals surface area contributed by atoms with Gasteiger partial charge in [0.1, 0.15) is 11.6 Å². The van der Waals surface area contributed by atoms with E-state index in [9.17, 15) is 0 Å². The average Bonchev–Trinajstić information content (AvgIpc) is 2.51. The largest absolute Gasteiger partial charge is 0.371 e. The summed E-state index contributed by atoms with van der Waals surface area (Å²) in [6.45, 7) is 2.45. The maximum atomic E-state index is 6.05. The molecule has 1 saturated heterocycles. The molecule has 0 aliphatic carbocycles. The van der Waals surface area contributed by atoms with E-state index in [2.05, 4.69) is 20.6 Å². The number of anilines is 2. The van der Waals surface area contributed by atoms with Crippen LogP contribution in [0.5, 0.6) is 0 Å². The van der Waals surface area contributed by atoms with Gasteiger partial charge >= 0.3 is 0 Å². The molecular formula is C14H15ClN4O. The van der Waals surface area contributed by atoms with Gasteiger partial charge < -0.3 is 15.4 Å². The number of hydrogen-bond acceptors (Lipinski definition) is 5. The quantitative estimate of drug-likeness (QED) is 0.910. The van der Waals surface area contributed by atoms with Crippen LogP contribution in [0.2, 0.25) is 5.02 Å². The molecule has 1 aliphatic heterocycles. The summed E-state index contributed by atoms with van der Waals surface area (Å²) < 4.78 is 5.68. The van der Waals surface area contributed by atoms with Gasteiger partial charge in [-0.1, -0.05) is 17.7 Å². The van der Waals surface area contributed by atoms with E-state index in [0.717, 1.165) is 25.3 Å². The summed E-state index contributed by atoms with van der Waals surface area (Å²) in [5, 5.41) is 6.96. The van der Waals surface area contributed by atoms with Crippen molar-refractivity contribution in [2.75, 3.05) is 25.0 Å². The van der Waals surface area contributed by atoms with Crippen molar-refractivity contribution in [3.05, 3.63) is 47.2 Å². The normalized spacial score (nSPS) is 18.8. The lowest BCUT2D eigenvalue weighted by atomic mass is 10.1. The van der Waals surface area contributed by atoms with Gasteiger partial charge in [0.05, 0.1) is 17.7 Å². The molecule has 104 valence electrons. The molecule has 0 radical (unpaired) electrons. The second-order valence-electron chi connectivity index (χ2n) is 4.50. The van der Waals surface area contributed by atoms with E-state index in [1.807, 2.05) is 18.3 Å². The molecule has 1 atom stereocenters. The van der Waals surface area contributed by atoms with Gasteiger partial charge in [0.25, 0.3) is 0 Å². The molecule has 0 bridgehead atoms. The van der Waals surface area contributed by atoms with E-state index in [4.69, 9.17) is 16.3 Å². The molecule has 2 aromatic rings. The highest BCUT2D eigenvalue weighted by molar-refractivity contribution is 6.33. The number of halogens is 1. The average molecular weight is 291 g/mol. The molecule has 2 aromatic heterocycles. The minimum atomic E-state index is 0.0729. The molecular weight excluding hydrogens is 276 g/mol. The Morgan fingerprint density at radius 3 is 2.95 bits per heavy atom. The topological polar surface area (TPSA) is 59.1 Å². The molecule has 6 heteroatoms. The van der Waals surface area contributed by atoms with E-state index < -0.39 is 0 Å². The second-order valence-corrected chi connectivity index (χ2v) is 4.91. The summed E-state index contributed by atoms with van der Waals surface area (Å²) in [6.07, 6.45) is 3.57. The predicted molar refractivity (Wildman–Crippen MR) is 78.3 cm³/mol. The van der Waals surface area contributed by atoms with Crippen molar-refractivity contribution in [2.24, 2.45) is 0 Å². The van der Waals surface area contributed by atoms with Crippen LogP contribution in [0.3, 0.4) is 0 Å². The molecule has 0 spiro atoms. The Balaban J connectivity index is 1.71. The van der Waals surface area contributed by atoms with Crippen molar-refractivity contribution < 1.29 is 4.74 Å². The maximum absolute atomic E-state index is 6.05. The van der Waals surface area contributed by atoms with Crippen LogP contribution < -0.4 is 10.6 Å². The smallest absolute Gasteiger partial charge is 0.150 e.